The number of ether oxygens (including phenoxy) is 2. The SMILES string of the molecule is CCOc1ccc(S(=O)(=O)N2CC(Oc3cc(C(F)(F)F)ccn3)C2)cc1. The maximum absolute atomic E-state index is 12.7. The molecule has 0 radical (unpaired) electrons. The molecule has 27 heavy (non-hydrogen) atoms. The van der Waals surface area contributed by atoms with Gasteiger partial charge in [0.2, 0.25) is 15.9 Å². The first-order valence-corrected chi connectivity index (χ1v) is 9.57. The minimum Gasteiger partial charge on any atom is -0.494 e. The Morgan fingerprint density at radius 1 is 1.19 bits per heavy atom. The number of aromatic nitrogens is 1. The van der Waals surface area contributed by atoms with Gasteiger partial charge in [-0.3, -0.25) is 0 Å². The fraction of sp³-hybridized carbons (Fsp3) is 0.353. The quantitative estimate of drug-likeness (QED) is 0.743. The van der Waals surface area contributed by atoms with Crippen LogP contribution in [0.3, 0.4) is 0 Å². The van der Waals surface area contributed by atoms with E-state index in [-0.39, 0.29) is 23.9 Å². The molecule has 1 saturated heterocycles. The van der Waals surface area contributed by atoms with E-state index in [0.717, 1.165) is 18.3 Å². The van der Waals surface area contributed by atoms with Gasteiger partial charge in [-0.25, -0.2) is 13.4 Å². The van der Waals surface area contributed by atoms with E-state index in [2.05, 4.69) is 4.98 Å². The third kappa shape index (κ3) is 4.33. The summed E-state index contributed by atoms with van der Waals surface area (Å²) in [5.74, 6) is 0.379. The number of alkyl halides is 3. The van der Waals surface area contributed by atoms with Gasteiger partial charge in [0.1, 0.15) is 11.9 Å². The molecule has 0 N–H and O–H groups in total. The van der Waals surface area contributed by atoms with Crippen LogP contribution >= 0.6 is 0 Å². The summed E-state index contributed by atoms with van der Waals surface area (Å²) in [6, 6.07) is 7.67. The molecule has 0 saturated carbocycles. The highest BCUT2D eigenvalue weighted by molar-refractivity contribution is 7.89. The van der Waals surface area contributed by atoms with Crippen molar-refractivity contribution in [2.24, 2.45) is 0 Å². The first-order chi connectivity index (χ1) is 12.7. The third-order valence-electron chi connectivity index (χ3n) is 3.94. The van der Waals surface area contributed by atoms with E-state index in [1.54, 1.807) is 12.1 Å². The van der Waals surface area contributed by atoms with Crippen LogP contribution < -0.4 is 9.47 Å². The fourth-order valence-electron chi connectivity index (χ4n) is 2.52. The van der Waals surface area contributed by atoms with Gasteiger partial charge < -0.3 is 9.47 Å². The van der Waals surface area contributed by atoms with Gasteiger partial charge in [0, 0.05) is 12.3 Å². The maximum atomic E-state index is 12.7. The second-order valence-electron chi connectivity index (χ2n) is 5.85. The van der Waals surface area contributed by atoms with Crippen LogP contribution in [0, 0.1) is 0 Å². The van der Waals surface area contributed by atoms with Gasteiger partial charge in [-0.1, -0.05) is 0 Å². The number of hydrogen-bond acceptors (Lipinski definition) is 5. The van der Waals surface area contributed by atoms with Crippen LogP contribution in [0.4, 0.5) is 13.2 Å². The zero-order chi connectivity index (χ0) is 19.7. The molecular formula is C17H17F3N2O4S. The van der Waals surface area contributed by atoms with Gasteiger partial charge in [-0.2, -0.15) is 17.5 Å². The van der Waals surface area contributed by atoms with E-state index in [9.17, 15) is 21.6 Å². The summed E-state index contributed by atoms with van der Waals surface area (Å²) in [4.78, 5) is 3.86. The minimum absolute atomic E-state index is 0.0352. The third-order valence-corrected chi connectivity index (χ3v) is 5.78. The Labute approximate surface area is 154 Å². The molecule has 2 heterocycles. The van der Waals surface area contributed by atoms with Crippen molar-refractivity contribution in [1.82, 2.24) is 9.29 Å². The van der Waals surface area contributed by atoms with Crippen molar-refractivity contribution in [3.63, 3.8) is 0 Å². The number of halogens is 3. The van der Waals surface area contributed by atoms with Gasteiger partial charge in [0.25, 0.3) is 0 Å². The molecule has 1 aromatic heterocycles. The van der Waals surface area contributed by atoms with Crippen LogP contribution in [0.5, 0.6) is 11.6 Å². The standard InChI is InChI=1S/C17H17F3N2O4S/c1-2-25-13-3-5-15(6-4-13)27(23,24)22-10-14(11-22)26-16-9-12(7-8-21-16)17(18,19)20/h3-9,14H,2,10-11H2,1H3. The smallest absolute Gasteiger partial charge is 0.416 e. The topological polar surface area (TPSA) is 68.7 Å². The summed E-state index contributed by atoms with van der Waals surface area (Å²) in [5.41, 5.74) is -0.870. The predicted molar refractivity (Wildman–Crippen MR) is 90.0 cm³/mol. The molecule has 0 bridgehead atoms. The molecule has 0 spiro atoms. The number of nitrogens with zero attached hydrogens (tertiary/aromatic N) is 2. The molecule has 1 aromatic carbocycles. The van der Waals surface area contributed by atoms with Gasteiger partial charge in [0.05, 0.1) is 30.2 Å². The summed E-state index contributed by atoms with van der Waals surface area (Å²) in [6.07, 6.45) is -4.05. The number of benzene rings is 1. The number of hydrogen-bond donors (Lipinski definition) is 0. The van der Waals surface area contributed by atoms with Crippen LogP contribution in [0.15, 0.2) is 47.5 Å². The van der Waals surface area contributed by atoms with E-state index in [1.807, 2.05) is 6.92 Å². The van der Waals surface area contributed by atoms with Gasteiger partial charge in [-0.05, 0) is 37.3 Å². The molecule has 3 rings (SSSR count). The Morgan fingerprint density at radius 2 is 1.85 bits per heavy atom. The van der Waals surface area contributed by atoms with Gasteiger partial charge in [-0.15, -0.1) is 0 Å². The second-order valence-corrected chi connectivity index (χ2v) is 7.78. The van der Waals surface area contributed by atoms with E-state index in [1.165, 1.54) is 16.4 Å². The van der Waals surface area contributed by atoms with Gasteiger partial charge >= 0.3 is 6.18 Å². The van der Waals surface area contributed by atoms with Crippen LogP contribution in [0.1, 0.15) is 12.5 Å². The summed E-state index contributed by atoms with van der Waals surface area (Å²) in [6.45, 7) is 2.37. The normalized spacial score (nSPS) is 16.0. The number of pyridine rings is 1. The summed E-state index contributed by atoms with van der Waals surface area (Å²) in [7, 11) is -3.69. The second kappa shape index (κ2) is 7.35. The van der Waals surface area contributed by atoms with Crippen molar-refractivity contribution >= 4 is 10.0 Å². The Kier molecular flexibility index (Phi) is 5.29. The summed E-state index contributed by atoms with van der Waals surface area (Å²) >= 11 is 0. The van der Waals surface area contributed by atoms with Crippen molar-refractivity contribution in [2.45, 2.75) is 24.1 Å². The Hall–Kier alpha value is -2.33. The van der Waals surface area contributed by atoms with Crippen LogP contribution in [0.2, 0.25) is 0 Å². The lowest BCUT2D eigenvalue weighted by Gasteiger charge is -2.37. The summed E-state index contributed by atoms with van der Waals surface area (Å²) < 4.78 is 75.0. The molecule has 0 amide bonds. The van der Waals surface area contributed by atoms with E-state index >= 15 is 0 Å². The van der Waals surface area contributed by atoms with E-state index in [0.29, 0.717) is 12.4 Å². The molecule has 2 aromatic rings. The van der Waals surface area contributed by atoms with Crippen molar-refractivity contribution in [2.75, 3.05) is 19.7 Å². The van der Waals surface area contributed by atoms with Crippen LogP contribution in [-0.2, 0) is 16.2 Å². The van der Waals surface area contributed by atoms with Crippen molar-refractivity contribution in [3.8, 4) is 11.6 Å². The summed E-state index contributed by atoms with van der Waals surface area (Å²) in [5, 5.41) is 0. The molecule has 146 valence electrons. The zero-order valence-electron chi connectivity index (χ0n) is 14.3. The largest absolute Gasteiger partial charge is 0.494 e. The predicted octanol–water partition coefficient (Wildman–Crippen LogP) is 2.95. The first-order valence-electron chi connectivity index (χ1n) is 8.13. The highest BCUT2D eigenvalue weighted by Gasteiger charge is 2.39. The molecule has 1 fully saturated rings. The lowest BCUT2D eigenvalue weighted by molar-refractivity contribution is -0.137. The average Bonchev–Trinajstić information content (AvgIpc) is 2.58. The lowest BCUT2D eigenvalue weighted by atomic mass is 10.2. The molecular weight excluding hydrogens is 385 g/mol. The Morgan fingerprint density at radius 3 is 2.44 bits per heavy atom. The molecule has 0 aliphatic carbocycles. The maximum Gasteiger partial charge on any atom is 0.416 e. The Balaban J connectivity index is 1.62. The zero-order valence-corrected chi connectivity index (χ0v) is 15.1. The number of sulfonamides is 1. The molecule has 1 aliphatic rings. The molecule has 0 atom stereocenters. The van der Waals surface area contributed by atoms with Crippen molar-refractivity contribution in [3.05, 3.63) is 48.2 Å². The van der Waals surface area contributed by atoms with Crippen LogP contribution in [0.25, 0.3) is 0 Å². The van der Waals surface area contributed by atoms with Gasteiger partial charge in [0.15, 0.2) is 0 Å². The molecule has 6 nitrogen and oxygen atoms in total. The fourth-order valence-corrected chi connectivity index (χ4v) is 4.02. The minimum atomic E-state index is -4.50. The highest BCUT2D eigenvalue weighted by atomic mass is 32.2. The lowest BCUT2D eigenvalue weighted by Crippen LogP contribution is -2.56. The highest BCUT2D eigenvalue weighted by Crippen LogP contribution is 2.31. The molecule has 1 aliphatic heterocycles. The molecule has 0 unspecified atom stereocenters. The Bertz CT molecular complexity index is 895. The van der Waals surface area contributed by atoms with E-state index in [4.69, 9.17) is 9.47 Å². The first kappa shape index (κ1) is 19.4. The average molecular weight is 402 g/mol. The van der Waals surface area contributed by atoms with Crippen LogP contribution in [-0.4, -0.2) is 43.5 Å². The molecule has 10 heteroatoms. The number of rotatable bonds is 6. The van der Waals surface area contributed by atoms with Crippen molar-refractivity contribution in [1.29, 1.82) is 0 Å². The van der Waals surface area contributed by atoms with E-state index < -0.39 is 27.9 Å². The monoisotopic (exact) mass is 402 g/mol. The van der Waals surface area contributed by atoms with Crippen molar-refractivity contribution < 1.29 is 31.1 Å².